The zero-order valence-corrected chi connectivity index (χ0v) is 8.42. The summed E-state index contributed by atoms with van der Waals surface area (Å²) in [6.07, 6.45) is 1.81. The van der Waals surface area contributed by atoms with Crippen molar-refractivity contribution in [1.82, 2.24) is 0 Å². The smallest absolute Gasteiger partial charge is 0.352 e. The van der Waals surface area contributed by atoms with Crippen molar-refractivity contribution in [2.45, 2.75) is 6.04 Å². The van der Waals surface area contributed by atoms with E-state index in [1.165, 1.54) is 0 Å². The summed E-state index contributed by atoms with van der Waals surface area (Å²) in [5, 5.41) is 10.1. The van der Waals surface area contributed by atoms with Gasteiger partial charge in [0.05, 0.1) is 0 Å². The first-order chi connectivity index (χ1) is 3.77. The van der Waals surface area contributed by atoms with Gasteiger partial charge >= 0.3 is 10.4 Å². The molecule has 0 aromatic heterocycles. The van der Waals surface area contributed by atoms with E-state index in [1.54, 1.807) is 6.08 Å². The molecule has 0 aliphatic rings. The van der Waals surface area contributed by atoms with Crippen LogP contribution in [0.15, 0.2) is 17.4 Å². The van der Waals surface area contributed by atoms with Gasteiger partial charge in [0.2, 0.25) is 9.68 Å². The highest BCUT2D eigenvalue weighted by Gasteiger charge is 1.80. The van der Waals surface area contributed by atoms with Gasteiger partial charge in [0, 0.05) is 0 Å². The lowest BCUT2D eigenvalue weighted by Crippen LogP contribution is -1.95. The summed E-state index contributed by atoms with van der Waals surface area (Å²) in [6, 6.07) is 0.932. The van der Waals surface area contributed by atoms with Gasteiger partial charge < -0.3 is 5.21 Å². The van der Waals surface area contributed by atoms with Crippen molar-refractivity contribution >= 4 is 20.1 Å². The minimum Gasteiger partial charge on any atom is -0.622 e. The van der Waals surface area contributed by atoms with Crippen LogP contribution in [-0.2, 0) is 0 Å². The van der Waals surface area contributed by atoms with E-state index in [0.717, 1.165) is 10.6 Å². The lowest BCUT2D eigenvalue weighted by atomic mass is 10.8. The molecule has 8 heavy (non-hydrogen) atoms. The topological polar surface area (TPSA) is 38.4 Å². The van der Waals surface area contributed by atoms with E-state index < -0.39 is 9.68 Å². The van der Waals surface area contributed by atoms with Gasteiger partial charge in [0.25, 0.3) is 0 Å². The third-order valence-electron chi connectivity index (χ3n) is 0.632. The Bertz CT molecular complexity index is 99.5. The number of nitrogens with zero attached hydrogens (tertiary/aromatic N) is 2. The highest BCUT2D eigenvalue weighted by molar-refractivity contribution is 6.33. The van der Waals surface area contributed by atoms with Crippen LogP contribution in [0.3, 0.4) is 0 Å². The monoisotopic (exact) mass is 146 g/mol. The molecule has 0 fully saturated rings. The fraction of sp³-hybridized carbons (Fsp3) is 0.333. The van der Waals surface area contributed by atoms with Gasteiger partial charge in [0.1, 0.15) is 0 Å². The molecule has 5 heteroatoms. The van der Waals surface area contributed by atoms with Crippen LogP contribution in [-0.4, -0.2) is 24.6 Å². The van der Waals surface area contributed by atoms with E-state index in [-0.39, 0.29) is 0 Å². The predicted octanol–water partition coefficient (Wildman–Crippen LogP) is -1.08. The van der Waals surface area contributed by atoms with Gasteiger partial charge in [0.15, 0.2) is 0 Å². The highest BCUT2D eigenvalue weighted by Crippen LogP contribution is 1.78. The van der Waals surface area contributed by atoms with E-state index in [4.69, 9.17) is 0 Å². The summed E-state index contributed by atoms with van der Waals surface area (Å²) in [5.41, 5.74) is 0. The molecule has 0 heterocycles. The molecule has 0 saturated heterocycles. The Morgan fingerprint density at radius 1 is 2.00 bits per heavy atom. The van der Waals surface area contributed by atoms with Gasteiger partial charge in [-0.3, -0.25) is 0 Å². The standard InChI is InChI=1S/C3H10N2OSi2/c1-2-3-8-4-5(6)7/h2H,1,3,8H2,7H3. The molecule has 0 atom stereocenters. The van der Waals surface area contributed by atoms with Crippen LogP contribution in [0.25, 0.3) is 0 Å². The predicted molar refractivity (Wildman–Crippen MR) is 39.5 cm³/mol. The largest absolute Gasteiger partial charge is 0.622 e. The normalized spacial score (nSPS) is 13.2. The lowest BCUT2D eigenvalue weighted by molar-refractivity contribution is -0.362. The molecule has 0 aliphatic heterocycles. The Labute approximate surface area is 54.1 Å². The van der Waals surface area contributed by atoms with Crippen molar-refractivity contribution in [3.8, 4) is 0 Å². The Hall–Kier alpha value is -0.426. The maximum absolute atomic E-state index is 10.1. The Morgan fingerprint density at radius 2 is 2.62 bits per heavy atom. The van der Waals surface area contributed by atoms with Crippen LogP contribution < -0.4 is 0 Å². The quantitative estimate of drug-likeness (QED) is 0.164. The van der Waals surface area contributed by atoms with E-state index >= 15 is 0 Å². The molecule has 0 spiro atoms. The van der Waals surface area contributed by atoms with Crippen molar-refractivity contribution in [2.24, 2.45) is 4.78 Å². The molecule has 0 radical (unpaired) electrons. The molecule has 0 rings (SSSR count). The van der Waals surface area contributed by atoms with Gasteiger partial charge in [-0.2, -0.15) is 4.53 Å². The number of hydrogen-bond donors (Lipinski definition) is 0. The fourth-order valence-electron chi connectivity index (χ4n) is 0.290. The Kier molecular flexibility index (Phi) is 4.47. The number of rotatable bonds is 3. The first-order valence-corrected chi connectivity index (χ1v) is 4.99. The molecule has 0 aromatic carbocycles. The molecular formula is C3H10N2OSi2. The molecule has 0 bridgehead atoms. The fourth-order valence-corrected chi connectivity index (χ4v) is 1.47. The van der Waals surface area contributed by atoms with Gasteiger partial charge in [-0.05, 0) is 6.04 Å². The SMILES string of the molecule is C=CC[SiH2]N=[N+]([O-])[SiH3]. The second-order valence-electron chi connectivity index (χ2n) is 1.41. The van der Waals surface area contributed by atoms with Crippen molar-refractivity contribution in [3.05, 3.63) is 17.9 Å². The minimum absolute atomic E-state index is 0.481. The zero-order valence-electron chi connectivity index (χ0n) is 5.00. The molecule has 0 aromatic rings. The summed E-state index contributed by atoms with van der Waals surface area (Å²) < 4.78 is 4.48. The molecule has 3 nitrogen and oxygen atoms in total. The van der Waals surface area contributed by atoms with Crippen LogP contribution in [0, 0.1) is 5.21 Å². The second kappa shape index (κ2) is 4.73. The molecule has 0 N–H and O–H groups in total. The lowest BCUT2D eigenvalue weighted by Gasteiger charge is -1.90. The van der Waals surface area contributed by atoms with E-state index in [1.807, 2.05) is 0 Å². The van der Waals surface area contributed by atoms with Gasteiger partial charge in [-0.1, -0.05) is 6.08 Å². The van der Waals surface area contributed by atoms with E-state index in [9.17, 15) is 5.21 Å². The van der Waals surface area contributed by atoms with E-state index in [2.05, 4.69) is 11.4 Å². The third-order valence-corrected chi connectivity index (χ3v) is 2.75. The van der Waals surface area contributed by atoms with Crippen LogP contribution in [0.2, 0.25) is 6.04 Å². The summed E-state index contributed by atoms with van der Waals surface area (Å²) >= 11 is 0. The van der Waals surface area contributed by atoms with E-state index in [0.29, 0.717) is 10.4 Å². The minimum atomic E-state index is -0.481. The molecular weight excluding hydrogens is 136 g/mol. The number of allylic oxidation sites excluding steroid dienone is 1. The first kappa shape index (κ1) is 7.57. The molecule has 0 aliphatic carbocycles. The van der Waals surface area contributed by atoms with Crippen molar-refractivity contribution < 1.29 is 4.53 Å². The average molecular weight is 146 g/mol. The average Bonchev–Trinajstić information content (AvgIpc) is 1.66. The maximum atomic E-state index is 10.1. The Balaban J connectivity index is 3.15. The third kappa shape index (κ3) is 5.57. The van der Waals surface area contributed by atoms with Crippen molar-refractivity contribution in [1.29, 1.82) is 0 Å². The Morgan fingerprint density at radius 3 is 3.00 bits per heavy atom. The van der Waals surface area contributed by atoms with Crippen LogP contribution in [0.4, 0.5) is 0 Å². The molecule has 0 unspecified atom stereocenters. The van der Waals surface area contributed by atoms with Crippen molar-refractivity contribution in [2.75, 3.05) is 0 Å². The summed E-state index contributed by atoms with van der Waals surface area (Å²) in [6.45, 7) is 3.52. The van der Waals surface area contributed by atoms with Gasteiger partial charge in [-0.25, -0.2) is 0 Å². The highest BCUT2D eigenvalue weighted by atomic mass is 28.2. The molecule has 46 valence electrons. The van der Waals surface area contributed by atoms with Crippen LogP contribution >= 0.6 is 0 Å². The maximum Gasteiger partial charge on any atom is 0.352 e. The van der Waals surface area contributed by atoms with Crippen molar-refractivity contribution in [3.63, 3.8) is 0 Å². The summed E-state index contributed by atoms with van der Waals surface area (Å²) in [7, 11) is 0.0162. The summed E-state index contributed by atoms with van der Waals surface area (Å²) in [5.74, 6) is 0. The second-order valence-corrected chi connectivity index (χ2v) is 3.48. The zero-order chi connectivity index (χ0) is 6.41. The first-order valence-electron chi connectivity index (χ1n) is 2.46. The molecule has 0 amide bonds. The van der Waals surface area contributed by atoms with Gasteiger partial charge in [-0.15, -0.1) is 11.4 Å². The number of hydrogen-bond acceptors (Lipinski definition) is 2. The van der Waals surface area contributed by atoms with Crippen LogP contribution in [0.5, 0.6) is 0 Å². The van der Waals surface area contributed by atoms with Crippen LogP contribution in [0.1, 0.15) is 0 Å². The molecule has 0 saturated carbocycles. The summed E-state index contributed by atoms with van der Waals surface area (Å²) in [4.78, 5) is 0.